The van der Waals surface area contributed by atoms with Crippen LogP contribution in [-0.2, 0) is 6.61 Å². The van der Waals surface area contributed by atoms with Crippen molar-refractivity contribution in [2.45, 2.75) is 6.61 Å². The quantitative estimate of drug-likeness (QED) is 0.828. The maximum absolute atomic E-state index is 5.71. The van der Waals surface area contributed by atoms with Crippen molar-refractivity contribution in [2.24, 2.45) is 0 Å². The Morgan fingerprint density at radius 2 is 1.43 bits per heavy atom. The summed E-state index contributed by atoms with van der Waals surface area (Å²) in [5.41, 5.74) is 7.26. The average molecular weight is 289 g/mol. The highest BCUT2D eigenvalue weighted by Crippen LogP contribution is 2.38. The number of ether oxygens (including phenoxy) is 4. The van der Waals surface area contributed by atoms with E-state index in [9.17, 15) is 0 Å². The molecular weight excluding hydrogens is 270 g/mol. The fraction of sp³-hybridized carbons (Fsp3) is 0.250. The van der Waals surface area contributed by atoms with Crippen LogP contribution in [-0.4, -0.2) is 21.3 Å². The van der Waals surface area contributed by atoms with Gasteiger partial charge in [-0.2, -0.15) is 0 Å². The Kier molecular flexibility index (Phi) is 4.77. The fourth-order valence-electron chi connectivity index (χ4n) is 1.95. The van der Waals surface area contributed by atoms with Crippen molar-refractivity contribution >= 4 is 5.69 Å². The van der Waals surface area contributed by atoms with Gasteiger partial charge in [0.2, 0.25) is 5.75 Å². The highest BCUT2D eigenvalue weighted by molar-refractivity contribution is 5.53. The zero-order chi connectivity index (χ0) is 15.2. The predicted molar refractivity (Wildman–Crippen MR) is 81.3 cm³/mol. The average Bonchev–Trinajstić information content (AvgIpc) is 2.53. The summed E-state index contributed by atoms with van der Waals surface area (Å²) in [5.74, 6) is 2.52. The van der Waals surface area contributed by atoms with Crippen molar-refractivity contribution in [1.29, 1.82) is 0 Å². The number of benzene rings is 2. The number of hydrogen-bond acceptors (Lipinski definition) is 5. The molecule has 0 heterocycles. The van der Waals surface area contributed by atoms with Crippen LogP contribution < -0.4 is 24.7 Å². The van der Waals surface area contributed by atoms with E-state index < -0.39 is 0 Å². The Morgan fingerprint density at radius 3 is 1.90 bits per heavy atom. The smallest absolute Gasteiger partial charge is 0.203 e. The topological polar surface area (TPSA) is 62.9 Å². The third-order valence-corrected chi connectivity index (χ3v) is 3.01. The molecule has 0 atom stereocenters. The Hall–Kier alpha value is -2.56. The fourth-order valence-corrected chi connectivity index (χ4v) is 1.95. The highest BCUT2D eigenvalue weighted by atomic mass is 16.5. The Balaban J connectivity index is 2.18. The molecular formula is C16H19NO4. The summed E-state index contributed by atoms with van der Waals surface area (Å²) < 4.78 is 21.6. The van der Waals surface area contributed by atoms with Crippen LogP contribution >= 0.6 is 0 Å². The first-order valence-corrected chi connectivity index (χ1v) is 6.45. The molecule has 0 aliphatic heterocycles. The Morgan fingerprint density at radius 1 is 0.857 bits per heavy atom. The molecule has 0 bridgehead atoms. The Bertz CT molecular complexity index is 571. The van der Waals surface area contributed by atoms with Crippen molar-refractivity contribution in [3.8, 4) is 23.0 Å². The summed E-state index contributed by atoms with van der Waals surface area (Å²) in [6.45, 7) is 0.390. The van der Waals surface area contributed by atoms with Crippen LogP contribution in [0.1, 0.15) is 5.56 Å². The van der Waals surface area contributed by atoms with Gasteiger partial charge in [-0.15, -0.1) is 0 Å². The molecule has 5 heteroatoms. The van der Waals surface area contributed by atoms with Crippen LogP contribution in [0.3, 0.4) is 0 Å². The third-order valence-electron chi connectivity index (χ3n) is 3.01. The van der Waals surface area contributed by atoms with Gasteiger partial charge in [-0.3, -0.25) is 0 Å². The number of anilines is 1. The van der Waals surface area contributed by atoms with Gasteiger partial charge < -0.3 is 24.7 Å². The van der Waals surface area contributed by atoms with Crippen LogP contribution in [0.2, 0.25) is 0 Å². The maximum atomic E-state index is 5.71. The van der Waals surface area contributed by atoms with Gasteiger partial charge in [-0.05, 0) is 42.0 Å². The standard InChI is InChI=1S/C16H19NO4/c1-18-14-8-11(9-15(19-2)16(14)20-3)10-21-13-6-4-12(17)5-7-13/h4-9H,10,17H2,1-3H3. The Labute approximate surface area is 124 Å². The second-order valence-corrected chi connectivity index (χ2v) is 4.39. The lowest BCUT2D eigenvalue weighted by molar-refractivity contribution is 0.298. The largest absolute Gasteiger partial charge is 0.493 e. The van der Waals surface area contributed by atoms with Crippen molar-refractivity contribution in [3.05, 3.63) is 42.0 Å². The summed E-state index contributed by atoms with van der Waals surface area (Å²) in [7, 11) is 4.74. The lowest BCUT2D eigenvalue weighted by atomic mass is 10.2. The van der Waals surface area contributed by atoms with E-state index in [1.807, 2.05) is 24.3 Å². The molecule has 0 saturated heterocycles. The van der Waals surface area contributed by atoms with Crippen LogP contribution in [0.4, 0.5) is 5.69 Å². The molecule has 2 aromatic carbocycles. The molecule has 0 fully saturated rings. The first-order valence-electron chi connectivity index (χ1n) is 6.45. The van der Waals surface area contributed by atoms with Gasteiger partial charge in [0.05, 0.1) is 21.3 Å². The summed E-state index contributed by atoms with van der Waals surface area (Å²) in [6, 6.07) is 11.0. The van der Waals surface area contributed by atoms with Gasteiger partial charge in [0, 0.05) is 5.69 Å². The molecule has 112 valence electrons. The molecule has 0 spiro atoms. The van der Waals surface area contributed by atoms with Gasteiger partial charge in [-0.25, -0.2) is 0 Å². The second kappa shape index (κ2) is 6.74. The van der Waals surface area contributed by atoms with E-state index in [2.05, 4.69) is 0 Å². The van der Waals surface area contributed by atoms with E-state index in [4.69, 9.17) is 24.7 Å². The first-order chi connectivity index (χ1) is 10.2. The van der Waals surface area contributed by atoms with E-state index in [1.54, 1.807) is 33.5 Å². The number of methoxy groups -OCH3 is 3. The minimum atomic E-state index is 0.390. The SMILES string of the molecule is COc1cc(COc2ccc(N)cc2)cc(OC)c1OC. The minimum absolute atomic E-state index is 0.390. The van der Waals surface area contributed by atoms with E-state index in [1.165, 1.54) is 0 Å². The van der Waals surface area contributed by atoms with Crippen LogP contribution in [0.25, 0.3) is 0 Å². The number of nitrogens with two attached hydrogens (primary N) is 1. The summed E-state index contributed by atoms with van der Waals surface area (Å²) in [4.78, 5) is 0. The molecule has 0 saturated carbocycles. The molecule has 0 unspecified atom stereocenters. The van der Waals surface area contributed by atoms with Crippen LogP contribution in [0.15, 0.2) is 36.4 Å². The summed E-state index contributed by atoms with van der Waals surface area (Å²) in [5, 5.41) is 0. The lowest BCUT2D eigenvalue weighted by Crippen LogP contribution is -2.00. The van der Waals surface area contributed by atoms with Gasteiger partial charge in [0.25, 0.3) is 0 Å². The normalized spacial score (nSPS) is 10.0. The first kappa shape index (κ1) is 14.8. The van der Waals surface area contributed by atoms with Gasteiger partial charge in [0.1, 0.15) is 12.4 Å². The van der Waals surface area contributed by atoms with Crippen molar-refractivity contribution in [3.63, 3.8) is 0 Å². The molecule has 0 aromatic heterocycles. The van der Waals surface area contributed by atoms with Gasteiger partial charge in [0.15, 0.2) is 11.5 Å². The lowest BCUT2D eigenvalue weighted by Gasteiger charge is -2.14. The second-order valence-electron chi connectivity index (χ2n) is 4.39. The maximum Gasteiger partial charge on any atom is 0.203 e. The molecule has 5 nitrogen and oxygen atoms in total. The molecule has 0 amide bonds. The number of rotatable bonds is 6. The third kappa shape index (κ3) is 3.51. The molecule has 2 N–H and O–H groups in total. The summed E-state index contributed by atoms with van der Waals surface area (Å²) in [6.07, 6.45) is 0. The predicted octanol–water partition coefficient (Wildman–Crippen LogP) is 2.87. The number of nitrogen functional groups attached to an aromatic ring is 1. The molecule has 0 aliphatic rings. The van der Waals surface area contributed by atoms with Gasteiger partial charge in [-0.1, -0.05) is 0 Å². The number of hydrogen-bond donors (Lipinski definition) is 1. The van der Waals surface area contributed by atoms with E-state index >= 15 is 0 Å². The molecule has 2 rings (SSSR count). The molecule has 21 heavy (non-hydrogen) atoms. The minimum Gasteiger partial charge on any atom is -0.493 e. The highest BCUT2D eigenvalue weighted by Gasteiger charge is 2.13. The van der Waals surface area contributed by atoms with Crippen molar-refractivity contribution in [2.75, 3.05) is 27.1 Å². The van der Waals surface area contributed by atoms with Crippen molar-refractivity contribution < 1.29 is 18.9 Å². The van der Waals surface area contributed by atoms with Crippen molar-refractivity contribution in [1.82, 2.24) is 0 Å². The molecule has 0 aliphatic carbocycles. The summed E-state index contributed by atoms with van der Waals surface area (Å²) >= 11 is 0. The van der Waals surface area contributed by atoms with Gasteiger partial charge >= 0.3 is 0 Å². The molecule has 2 aromatic rings. The molecule has 0 radical (unpaired) electrons. The zero-order valence-corrected chi connectivity index (χ0v) is 12.4. The van der Waals surface area contributed by atoms with E-state index in [0.717, 1.165) is 11.3 Å². The van der Waals surface area contributed by atoms with E-state index in [0.29, 0.717) is 29.5 Å². The van der Waals surface area contributed by atoms with Crippen LogP contribution in [0, 0.1) is 0 Å². The van der Waals surface area contributed by atoms with Crippen LogP contribution in [0.5, 0.6) is 23.0 Å². The van der Waals surface area contributed by atoms with E-state index in [-0.39, 0.29) is 0 Å². The zero-order valence-electron chi connectivity index (χ0n) is 12.4. The monoisotopic (exact) mass is 289 g/mol.